The van der Waals surface area contributed by atoms with E-state index in [1.807, 2.05) is 0 Å². The molecule has 0 aliphatic carbocycles. The van der Waals surface area contributed by atoms with Crippen molar-refractivity contribution in [1.29, 1.82) is 0 Å². The average molecular weight is 345 g/mol. The van der Waals surface area contributed by atoms with Crippen molar-refractivity contribution in [3.8, 4) is 0 Å². The Kier molecular flexibility index (Phi) is 6.22. The van der Waals surface area contributed by atoms with Gasteiger partial charge in [-0.05, 0) is 45.9 Å². The molecule has 1 aliphatic rings. The normalized spacial score (nSPS) is 15.5. The fraction of sp³-hybridized carbons (Fsp3) is 0.368. The molecule has 0 radical (unpaired) electrons. The van der Waals surface area contributed by atoms with E-state index in [0.717, 1.165) is 0 Å². The van der Waals surface area contributed by atoms with Gasteiger partial charge in [0.2, 0.25) is 0 Å². The largest absolute Gasteiger partial charge is 0.465 e. The zero-order valence-corrected chi connectivity index (χ0v) is 14.9. The maximum atomic E-state index is 12.5. The number of nitrogens with one attached hydrogen (secondary N) is 1. The van der Waals surface area contributed by atoms with Gasteiger partial charge in [0, 0.05) is 17.3 Å². The maximum absolute atomic E-state index is 12.5. The van der Waals surface area contributed by atoms with Gasteiger partial charge in [0.15, 0.2) is 0 Å². The molecule has 0 fully saturated rings. The van der Waals surface area contributed by atoms with E-state index in [2.05, 4.69) is 5.32 Å². The SMILES string of the molecule is CCOC(=O)C1=C(C)NC(C)=C(C(=O)OCC)C1/C=C/c1ccco1. The molecule has 0 atom stereocenters. The highest BCUT2D eigenvalue weighted by Gasteiger charge is 2.35. The highest BCUT2D eigenvalue weighted by Crippen LogP contribution is 2.33. The van der Waals surface area contributed by atoms with E-state index >= 15 is 0 Å². The number of hydrogen-bond acceptors (Lipinski definition) is 6. The minimum Gasteiger partial charge on any atom is -0.465 e. The molecule has 134 valence electrons. The van der Waals surface area contributed by atoms with E-state index in [1.54, 1.807) is 58.2 Å². The summed E-state index contributed by atoms with van der Waals surface area (Å²) in [7, 11) is 0. The lowest BCUT2D eigenvalue weighted by atomic mass is 9.85. The fourth-order valence-corrected chi connectivity index (χ4v) is 2.77. The van der Waals surface area contributed by atoms with E-state index in [9.17, 15) is 9.59 Å². The molecular formula is C19H23NO5. The average Bonchev–Trinajstić information content (AvgIpc) is 3.06. The Labute approximate surface area is 147 Å². The molecule has 0 spiro atoms. The molecule has 2 rings (SSSR count). The molecule has 2 heterocycles. The Hall–Kier alpha value is -2.76. The van der Waals surface area contributed by atoms with Gasteiger partial charge in [0.1, 0.15) is 5.76 Å². The fourth-order valence-electron chi connectivity index (χ4n) is 2.77. The van der Waals surface area contributed by atoms with Crippen LogP contribution in [0, 0.1) is 5.92 Å². The first-order valence-electron chi connectivity index (χ1n) is 8.24. The van der Waals surface area contributed by atoms with Crippen LogP contribution >= 0.6 is 0 Å². The van der Waals surface area contributed by atoms with Gasteiger partial charge < -0.3 is 19.2 Å². The Morgan fingerprint density at radius 3 is 2.12 bits per heavy atom. The summed E-state index contributed by atoms with van der Waals surface area (Å²) in [6.07, 6.45) is 5.04. The first kappa shape index (κ1) is 18.6. The van der Waals surface area contributed by atoms with Gasteiger partial charge in [0.25, 0.3) is 0 Å². The minimum atomic E-state index is -0.579. The molecule has 25 heavy (non-hydrogen) atoms. The summed E-state index contributed by atoms with van der Waals surface area (Å²) in [6.45, 7) is 7.55. The predicted octanol–water partition coefficient (Wildman–Crippen LogP) is 3.19. The van der Waals surface area contributed by atoms with Gasteiger partial charge in [-0.2, -0.15) is 0 Å². The minimum absolute atomic E-state index is 0.252. The lowest BCUT2D eigenvalue weighted by Crippen LogP contribution is -2.32. The summed E-state index contributed by atoms with van der Waals surface area (Å²) < 4.78 is 15.6. The molecule has 1 aromatic rings. The lowest BCUT2D eigenvalue weighted by molar-refractivity contribution is -0.139. The second-order valence-corrected chi connectivity index (χ2v) is 5.50. The lowest BCUT2D eigenvalue weighted by Gasteiger charge is -2.28. The number of furan rings is 1. The van der Waals surface area contributed by atoms with E-state index in [4.69, 9.17) is 13.9 Å². The van der Waals surface area contributed by atoms with Gasteiger partial charge in [-0.3, -0.25) is 0 Å². The molecule has 0 amide bonds. The topological polar surface area (TPSA) is 77.8 Å². The summed E-state index contributed by atoms with van der Waals surface area (Å²) in [6, 6.07) is 3.56. The third-order valence-corrected chi connectivity index (χ3v) is 3.79. The van der Waals surface area contributed by atoms with E-state index in [0.29, 0.717) is 28.3 Å². The molecule has 1 aliphatic heterocycles. The predicted molar refractivity (Wildman–Crippen MR) is 93.0 cm³/mol. The van der Waals surface area contributed by atoms with Crippen molar-refractivity contribution in [2.75, 3.05) is 13.2 Å². The number of esters is 2. The smallest absolute Gasteiger partial charge is 0.336 e. The summed E-state index contributed by atoms with van der Waals surface area (Å²) >= 11 is 0. The molecule has 0 saturated heterocycles. The Morgan fingerprint density at radius 2 is 1.68 bits per heavy atom. The highest BCUT2D eigenvalue weighted by molar-refractivity contribution is 5.98. The summed E-state index contributed by atoms with van der Waals surface area (Å²) in [4.78, 5) is 24.9. The van der Waals surface area contributed by atoms with Crippen molar-refractivity contribution in [3.05, 3.63) is 52.8 Å². The molecule has 0 unspecified atom stereocenters. The maximum Gasteiger partial charge on any atom is 0.336 e. The van der Waals surface area contributed by atoms with Crippen LogP contribution < -0.4 is 5.32 Å². The standard InChI is InChI=1S/C19H23NO5/c1-5-23-18(21)16-12(3)20-13(4)17(19(22)24-6-2)15(16)10-9-14-8-7-11-25-14/h7-11,15,20H,5-6H2,1-4H3/b10-9+. The monoisotopic (exact) mass is 345 g/mol. The number of dihydropyridines is 1. The number of hydrogen-bond donors (Lipinski definition) is 1. The summed E-state index contributed by atoms with van der Waals surface area (Å²) in [5.41, 5.74) is 2.08. The molecule has 1 aromatic heterocycles. The second kappa shape index (κ2) is 8.37. The molecule has 6 nitrogen and oxygen atoms in total. The highest BCUT2D eigenvalue weighted by atomic mass is 16.5. The number of rotatable bonds is 6. The van der Waals surface area contributed by atoms with E-state index in [1.165, 1.54) is 0 Å². The van der Waals surface area contributed by atoms with Crippen LogP contribution in [0.15, 0.2) is 51.4 Å². The molecule has 6 heteroatoms. The van der Waals surface area contributed by atoms with Crippen LogP contribution in [-0.2, 0) is 19.1 Å². The van der Waals surface area contributed by atoms with Gasteiger partial charge in [-0.1, -0.05) is 6.08 Å². The van der Waals surface area contributed by atoms with Gasteiger partial charge in [-0.25, -0.2) is 9.59 Å². The number of allylic oxidation sites excluding steroid dienone is 3. The van der Waals surface area contributed by atoms with Crippen molar-refractivity contribution in [3.63, 3.8) is 0 Å². The van der Waals surface area contributed by atoms with Crippen molar-refractivity contribution < 1.29 is 23.5 Å². The van der Waals surface area contributed by atoms with Gasteiger partial charge in [0.05, 0.1) is 30.6 Å². The molecular weight excluding hydrogens is 322 g/mol. The van der Waals surface area contributed by atoms with Crippen LogP contribution in [0.25, 0.3) is 6.08 Å². The van der Waals surface area contributed by atoms with E-state index < -0.39 is 17.9 Å². The first-order chi connectivity index (χ1) is 12.0. The quantitative estimate of drug-likeness (QED) is 0.798. The molecule has 0 saturated carbocycles. The third-order valence-electron chi connectivity index (χ3n) is 3.79. The molecule has 0 aromatic carbocycles. The van der Waals surface area contributed by atoms with Crippen molar-refractivity contribution in [2.45, 2.75) is 27.7 Å². The zero-order chi connectivity index (χ0) is 18.4. The molecule has 1 N–H and O–H groups in total. The van der Waals surface area contributed by atoms with Crippen LogP contribution in [0.3, 0.4) is 0 Å². The number of ether oxygens (including phenoxy) is 2. The van der Waals surface area contributed by atoms with Gasteiger partial charge in [-0.15, -0.1) is 0 Å². The summed E-state index contributed by atoms with van der Waals surface area (Å²) in [5.74, 6) is -0.878. The van der Waals surface area contributed by atoms with Crippen LogP contribution in [0.2, 0.25) is 0 Å². The van der Waals surface area contributed by atoms with Crippen LogP contribution in [0.1, 0.15) is 33.5 Å². The second-order valence-electron chi connectivity index (χ2n) is 5.50. The third kappa shape index (κ3) is 4.21. The molecule has 0 bridgehead atoms. The van der Waals surface area contributed by atoms with Crippen molar-refractivity contribution in [2.24, 2.45) is 5.92 Å². The van der Waals surface area contributed by atoms with Gasteiger partial charge >= 0.3 is 11.9 Å². The Balaban J connectivity index is 2.47. The van der Waals surface area contributed by atoms with E-state index in [-0.39, 0.29) is 13.2 Å². The summed E-state index contributed by atoms with van der Waals surface area (Å²) in [5, 5.41) is 3.08. The van der Waals surface area contributed by atoms with Crippen molar-refractivity contribution >= 4 is 18.0 Å². The van der Waals surface area contributed by atoms with Crippen LogP contribution in [0.5, 0.6) is 0 Å². The van der Waals surface area contributed by atoms with Crippen LogP contribution in [0.4, 0.5) is 0 Å². The number of carbonyl (C=O) groups is 2. The first-order valence-corrected chi connectivity index (χ1v) is 8.24. The Morgan fingerprint density at radius 1 is 1.12 bits per heavy atom. The Bertz CT molecular complexity index is 685. The number of carbonyl (C=O) groups excluding carboxylic acids is 2. The van der Waals surface area contributed by atoms with Crippen molar-refractivity contribution in [1.82, 2.24) is 5.32 Å². The zero-order valence-electron chi connectivity index (χ0n) is 14.9. The van der Waals surface area contributed by atoms with Crippen LogP contribution in [-0.4, -0.2) is 25.2 Å².